The van der Waals surface area contributed by atoms with Gasteiger partial charge < -0.3 is 9.67 Å². The molecule has 0 spiro atoms. The lowest BCUT2D eigenvalue weighted by molar-refractivity contribution is 0.186. The quantitative estimate of drug-likeness (QED) is 0.789. The fourth-order valence-corrected chi connectivity index (χ4v) is 3.20. The van der Waals surface area contributed by atoms with Gasteiger partial charge in [0.2, 0.25) is 0 Å². The number of thiazole rings is 1. The van der Waals surface area contributed by atoms with E-state index in [4.69, 9.17) is 0 Å². The summed E-state index contributed by atoms with van der Waals surface area (Å²) in [6, 6.07) is 17.9. The summed E-state index contributed by atoms with van der Waals surface area (Å²) in [5.74, 6) is 0. The molecule has 0 aliphatic rings. The van der Waals surface area contributed by atoms with E-state index in [0.29, 0.717) is 6.54 Å². The van der Waals surface area contributed by atoms with Crippen molar-refractivity contribution in [2.24, 2.45) is 12.0 Å². The van der Waals surface area contributed by atoms with E-state index in [9.17, 15) is 5.11 Å². The average Bonchev–Trinajstić information content (AvgIpc) is 2.83. The van der Waals surface area contributed by atoms with E-state index >= 15 is 0 Å². The van der Waals surface area contributed by atoms with Gasteiger partial charge in [0, 0.05) is 7.05 Å². The lowest BCUT2D eigenvalue weighted by Crippen LogP contribution is -2.13. The van der Waals surface area contributed by atoms with Gasteiger partial charge in [0.1, 0.15) is 0 Å². The molecule has 0 saturated carbocycles. The van der Waals surface area contributed by atoms with Crippen LogP contribution in [0.4, 0.5) is 0 Å². The van der Waals surface area contributed by atoms with Gasteiger partial charge in [0.05, 0.1) is 22.9 Å². The summed E-state index contributed by atoms with van der Waals surface area (Å²) in [5, 5.41) is 10.1. The van der Waals surface area contributed by atoms with Crippen molar-refractivity contribution < 1.29 is 5.11 Å². The Labute approximate surface area is 121 Å². The number of nitrogens with zero attached hydrogens (tertiary/aromatic N) is 2. The Balaban J connectivity index is 1.90. The molecule has 1 N–H and O–H groups in total. The van der Waals surface area contributed by atoms with Crippen LogP contribution in [0.5, 0.6) is 0 Å². The molecule has 0 aliphatic heterocycles. The standard InChI is InChI=1S/C16H16N2OS/c1-18-13-9-5-6-10-15(13)20-16(18)17-11-14(19)12-7-3-2-4-8-12/h2-10,14,19H,11H2,1H3. The number of rotatable bonds is 3. The summed E-state index contributed by atoms with van der Waals surface area (Å²) in [4.78, 5) is 5.48. The zero-order valence-corrected chi connectivity index (χ0v) is 12.0. The molecule has 102 valence electrons. The molecule has 0 saturated heterocycles. The molecule has 1 atom stereocenters. The van der Waals surface area contributed by atoms with Crippen molar-refractivity contribution in [2.45, 2.75) is 6.10 Å². The Kier molecular flexibility index (Phi) is 3.67. The third kappa shape index (κ3) is 2.53. The smallest absolute Gasteiger partial charge is 0.185 e. The lowest BCUT2D eigenvalue weighted by atomic mass is 10.1. The van der Waals surface area contributed by atoms with Crippen molar-refractivity contribution in [3.63, 3.8) is 0 Å². The zero-order valence-electron chi connectivity index (χ0n) is 11.2. The topological polar surface area (TPSA) is 37.5 Å². The molecule has 0 radical (unpaired) electrons. The first-order valence-corrected chi connectivity index (χ1v) is 7.35. The van der Waals surface area contributed by atoms with Gasteiger partial charge in [-0.3, -0.25) is 4.99 Å². The van der Waals surface area contributed by atoms with Crippen molar-refractivity contribution in [1.82, 2.24) is 4.57 Å². The van der Waals surface area contributed by atoms with Gasteiger partial charge in [0.25, 0.3) is 0 Å². The average molecular weight is 284 g/mol. The van der Waals surface area contributed by atoms with E-state index < -0.39 is 6.10 Å². The van der Waals surface area contributed by atoms with E-state index in [1.54, 1.807) is 11.3 Å². The number of aliphatic hydroxyl groups is 1. The van der Waals surface area contributed by atoms with Gasteiger partial charge in [-0.2, -0.15) is 0 Å². The third-order valence-corrected chi connectivity index (χ3v) is 4.45. The number of aliphatic hydroxyl groups excluding tert-OH is 1. The highest BCUT2D eigenvalue weighted by Crippen LogP contribution is 2.16. The van der Waals surface area contributed by atoms with Gasteiger partial charge in [-0.05, 0) is 17.7 Å². The van der Waals surface area contributed by atoms with Crippen LogP contribution < -0.4 is 4.80 Å². The van der Waals surface area contributed by atoms with E-state index in [1.807, 2.05) is 49.5 Å². The Bertz CT molecular complexity index is 774. The minimum Gasteiger partial charge on any atom is -0.386 e. The number of fused-ring (bicyclic) bond motifs is 1. The predicted molar refractivity (Wildman–Crippen MR) is 82.6 cm³/mol. The number of para-hydroxylation sites is 1. The molecule has 3 rings (SSSR count). The number of benzene rings is 2. The largest absolute Gasteiger partial charge is 0.386 e. The Morgan fingerprint density at radius 3 is 2.55 bits per heavy atom. The highest BCUT2D eigenvalue weighted by molar-refractivity contribution is 7.16. The van der Waals surface area contributed by atoms with Crippen molar-refractivity contribution in [3.05, 3.63) is 65.0 Å². The molecule has 1 heterocycles. The van der Waals surface area contributed by atoms with Gasteiger partial charge in [0.15, 0.2) is 4.80 Å². The van der Waals surface area contributed by atoms with Crippen molar-refractivity contribution in [3.8, 4) is 0 Å². The second-order valence-electron chi connectivity index (χ2n) is 4.68. The second kappa shape index (κ2) is 5.61. The van der Waals surface area contributed by atoms with Crippen LogP contribution in [0.3, 0.4) is 0 Å². The molecular weight excluding hydrogens is 268 g/mol. The molecule has 0 aliphatic carbocycles. The number of hydrogen-bond donors (Lipinski definition) is 1. The molecule has 0 amide bonds. The molecule has 20 heavy (non-hydrogen) atoms. The second-order valence-corrected chi connectivity index (χ2v) is 5.69. The summed E-state index contributed by atoms with van der Waals surface area (Å²) in [5.41, 5.74) is 2.07. The van der Waals surface area contributed by atoms with E-state index in [2.05, 4.69) is 21.7 Å². The zero-order chi connectivity index (χ0) is 13.9. The summed E-state index contributed by atoms with van der Waals surface area (Å²) in [7, 11) is 2.01. The summed E-state index contributed by atoms with van der Waals surface area (Å²) in [6.07, 6.45) is -0.554. The van der Waals surface area contributed by atoms with Crippen LogP contribution in [0.25, 0.3) is 10.2 Å². The summed E-state index contributed by atoms with van der Waals surface area (Å²) >= 11 is 1.65. The Morgan fingerprint density at radius 1 is 1.10 bits per heavy atom. The number of aromatic nitrogens is 1. The van der Waals surface area contributed by atoms with Gasteiger partial charge in [-0.1, -0.05) is 53.8 Å². The number of aryl methyl sites for hydroxylation is 1. The fraction of sp³-hybridized carbons (Fsp3) is 0.188. The van der Waals surface area contributed by atoms with Gasteiger partial charge >= 0.3 is 0 Å². The van der Waals surface area contributed by atoms with Gasteiger partial charge in [-0.25, -0.2) is 0 Å². The van der Waals surface area contributed by atoms with E-state index in [1.165, 1.54) is 10.2 Å². The highest BCUT2D eigenvalue weighted by Gasteiger charge is 2.06. The highest BCUT2D eigenvalue weighted by atomic mass is 32.1. The molecule has 1 aromatic heterocycles. The van der Waals surface area contributed by atoms with Crippen LogP contribution in [0.15, 0.2) is 59.6 Å². The number of hydrogen-bond acceptors (Lipinski definition) is 3. The molecule has 4 heteroatoms. The maximum Gasteiger partial charge on any atom is 0.185 e. The molecular formula is C16H16N2OS. The molecule has 1 unspecified atom stereocenters. The van der Waals surface area contributed by atoms with Crippen molar-refractivity contribution in [2.75, 3.05) is 6.54 Å². The van der Waals surface area contributed by atoms with Crippen molar-refractivity contribution >= 4 is 21.6 Å². The maximum absolute atomic E-state index is 10.1. The third-order valence-electron chi connectivity index (χ3n) is 3.30. The minimum absolute atomic E-state index is 0.380. The molecule has 0 bridgehead atoms. The van der Waals surface area contributed by atoms with Gasteiger partial charge in [-0.15, -0.1) is 0 Å². The molecule has 0 fully saturated rings. The Hall–Kier alpha value is -1.91. The van der Waals surface area contributed by atoms with E-state index in [-0.39, 0.29) is 0 Å². The molecule has 3 nitrogen and oxygen atoms in total. The van der Waals surface area contributed by atoms with Crippen LogP contribution in [-0.4, -0.2) is 16.2 Å². The summed E-state index contributed by atoms with van der Waals surface area (Å²) < 4.78 is 3.28. The minimum atomic E-state index is -0.554. The van der Waals surface area contributed by atoms with Crippen LogP contribution >= 0.6 is 11.3 Å². The SMILES string of the molecule is Cn1c(=NCC(O)c2ccccc2)sc2ccccc21. The summed E-state index contributed by atoms with van der Waals surface area (Å²) in [6.45, 7) is 0.380. The fourth-order valence-electron chi connectivity index (χ4n) is 2.17. The first kappa shape index (κ1) is 13.1. The predicted octanol–water partition coefficient (Wildman–Crippen LogP) is 2.87. The normalized spacial score (nSPS) is 13.8. The lowest BCUT2D eigenvalue weighted by Gasteiger charge is -2.06. The van der Waals surface area contributed by atoms with Crippen LogP contribution in [0, 0.1) is 0 Å². The van der Waals surface area contributed by atoms with Crippen LogP contribution in [0.1, 0.15) is 11.7 Å². The van der Waals surface area contributed by atoms with Crippen LogP contribution in [-0.2, 0) is 7.05 Å². The molecule has 3 aromatic rings. The van der Waals surface area contributed by atoms with Crippen molar-refractivity contribution in [1.29, 1.82) is 0 Å². The maximum atomic E-state index is 10.1. The van der Waals surface area contributed by atoms with Crippen LogP contribution in [0.2, 0.25) is 0 Å². The first-order chi connectivity index (χ1) is 9.75. The monoisotopic (exact) mass is 284 g/mol. The Morgan fingerprint density at radius 2 is 1.80 bits per heavy atom. The van der Waals surface area contributed by atoms with E-state index in [0.717, 1.165) is 10.4 Å². The first-order valence-electron chi connectivity index (χ1n) is 6.54. The molecule has 2 aromatic carbocycles.